The van der Waals surface area contributed by atoms with Crippen molar-refractivity contribution in [1.29, 1.82) is 0 Å². The smallest absolute Gasteiger partial charge is 0.145 e. The summed E-state index contributed by atoms with van der Waals surface area (Å²) < 4.78 is 0. The topological polar surface area (TPSA) is 25.8 Å². The number of hydrogen-bond acceptors (Lipinski definition) is 3. The van der Waals surface area contributed by atoms with Gasteiger partial charge in [0.1, 0.15) is 10.7 Å². The number of aromatic nitrogens is 2. The Kier molecular flexibility index (Phi) is 2.79. The predicted octanol–water partition coefficient (Wildman–Crippen LogP) is 4.10. The van der Waals surface area contributed by atoms with Crippen LogP contribution in [0.2, 0.25) is 0 Å². The Balaban J connectivity index is 2.30. The van der Waals surface area contributed by atoms with Gasteiger partial charge in [0, 0.05) is 10.9 Å². The van der Waals surface area contributed by atoms with E-state index >= 15 is 0 Å². The van der Waals surface area contributed by atoms with Crippen molar-refractivity contribution in [2.45, 2.75) is 5.88 Å². The Labute approximate surface area is 108 Å². The summed E-state index contributed by atoms with van der Waals surface area (Å²) in [4.78, 5) is 9.94. The molecule has 2 aromatic heterocycles. The van der Waals surface area contributed by atoms with E-state index in [9.17, 15) is 0 Å². The number of hydrogen-bond donors (Lipinski definition) is 0. The van der Waals surface area contributed by atoms with Gasteiger partial charge in [-0.25, -0.2) is 9.97 Å². The quantitative estimate of drug-likeness (QED) is 0.649. The first kappa shape index (κ1) is 10.7. The summed E-state index contributed by atoms with van der Waals surface area (Å²) in [7, 11) is 0. The van der Waals surface area contributed by atoms with Crippen LogP contribution in [-0.4, -0.2) is 9.97 Å². The number of thiophene rings is 1. The van der Waals surface area contributed by atoms with E-state index < -0.39 is 0 Å². The summed E-state index contributed by atoms with van der Waals surface area (Å²) in [5.74, 6) is 1.02. The lowest BCUT2D eigenvalue weighted by molar-refractivity contribution is 1.07. The van der Waals surface area contributed by atoms with E-state index in [1.165, 1.54) is 0 Å². The summed E-state index contributed by atoms with van der Waals surface area (Å²) in [6.07, 6.45) is 0. The molecule has 0 aliphatic rings. The van der Waals surface area contributed by atoms with Crippen LogP contribution in [0.1, 0.15) is 5.82 Å². The Bertz CT molecular complexity index is 649. The summed E-state index contributed by atoms with van der Waals surface area (Å²) in [6, 6.07) is 12.2. The highest BCUT2D eigenvalue weighted by atomic mass is 35.5. The van der Waals surface area contributed by atoms with Gasteiger partial charge in [0.05, 0.1) is 11.6 Å². The molecule has 0 saturated carbocycles. The highest BCUT2D eigenvalue weighted by Crippen LogP contribution is 2.29. The van der Waals surface area contributed by atoms with Gasteiger partial charge >= 0.3 is 0 Å². The van der Waals surface area contributed by atoms with Crippen molar-refractivity contribution in [1.82, 2.24) is 9.97 Å². The molecule has 0 saturated heterocycles. The van der Waals surface area contributed by atoms with Gasteiger partial charge in [-0.2, -0.15) is 0 Å². The number of halogens is 1. The molecule has 4 heteroatoms. The van der Waals surface area contributed by atoms with Crippen LogP contribution in [0.15, 0.2) is 41.8 Å². The fraction of sp³-hybridized carbons (Fsp3) is 0.0769. The van der Waals surface area contributed by atoms with Gasteiger partial charge in [0.25, 0.3) is 0 Å². The highest BCUT2D eigenvalue weighted by Gasteiger charge is 2.09. The minimum atomic E-state index is 0.341. The zero-order valence-corrected chi connectivity index (χ0v) is 10.5. The zero-order valence-electron chi connectivity index (χ0n) is 8.93. The second kappa shape index (κ2) is 4.43. The lowest BCUT2D eigenvalue weighted by Crippen LogP contribution is -1.94. The van der Waals surface area contributed by atoms with E-state index in [2.05, 4.69) is 28.2 Å². The van der Waals surface area contributed by atoms with Gasteiger partial charge in [-0.05, 0) is 11.4 Å². The van der Waals surface area contributed by atoms with Crippen LogP contribution in [0.5, 0.6) is 0 Å². The molecule has 17 heavy (non-hydrogen) atoms. The molecule has 2 nitrogen and oxygen atoms in total. The molecule has 0 bridgehead atoms. The van der Waals surface area contributed by atoms with E-state index in [1.807, 2.05) is 23.6 Å². The van der Waals surface area contributed by atoms with Gasteiger partial charge in [0.15, 0.2) is 0 Å². The molecule has 0 amide bonds. The average Bonchev–Trinajstić information content (AvgIpc) is 2.86. The molecule has 0 unspecified atom stereocenters. The van der Waals surface area contributed by atoms with Crippen LogP contribution in [0.25, 0.3) is 21.5 Å². The Hall–Kier alpha value is -1.45. The third kappa shape index (κ3) is 1.92. The van der Waals surface area contributed by atoms with Gasteiger partial charge in [0.2, 0.25) is 0 Å². The van der Waals surface area contributed by atoms with Crippen LogP contribution in [0.4, 0.5) is 0 Å². The Morgan fingerprint density at radius 3 is 2.65 bits per heavy atom. The number of rotatable bonds is 2. The molecule has 2 heterocycles. The minimum Gasteiger partial charge on any atom is -0.231 e. The SMILES string of the molecule is ClCc1nc(-c2ccccc2)c2ccsc2n1. The average molecular weight is 261 g/mol. The third-order valence-corrected chi connectivity index (χ3v) is 3.58. The van der Waals surface area contributed by atoms with E-state index in [4.69, 9.17) is 11.6 Å². The second-order valence-corrected chi connectivity index (χ2v) is 4.79. The van der Waals surface area contributed by atoms with Crippen molar-refractivity contribution in [3.8, 4) is 11.3 Å². The minimum absolute atomic E-state index is 0.341. The fourth-order valence-electron chi connectivity index (χ4n) is 1.78. The summed E-state index contributed by atoms with van der Waals surface area (Å²) in [5.41, 5.74) is 2.07. The molecule has 84 valence electrons. The Morgan fingerprint density at radius 1 is 1.06 bits per heavy atom. The molecule has 0 radical (unpaired) electrons. The first-order valence-corrected chi connectivity index (χ1v) is 6.65. The number of alkyl halides is 1. The van der Waals surface area contributed by atoms with Crippen LogP contribution >= 0.6 is 22.9 Å². The standard InChI is InChI=1S/C13H9ClN2S/c14-8-11-15-12(9-4-2-1-3-5-9)10-6-7-17-13(10)16-11/h1-7H,8H2. The normalized spacial score (nSPS) is 10.9. The van der Waals surface area contributed by atoms with Crippen LogP contribution in [0, 0.1) is 0 Å². The molecule has 0 aliphatic carbocycles. The van der Waals surface area contributed by atoms with Crippen LogP contribution in [-0.2, 0) is 5.88 Å². The maximum absolute atomic E-state index is 5.83. The third-order valence-electron chi connectivity index (χ3n) is 2.54. The van der Waals surface area contributed by atoms with Crippen molar-refractivity contribution in [2.75, 3.05) is 0 Å². The van der Waals surface area contributed by atoms with Gasteiger partial charge < -0.3 is 0 Å². The fourth-order valence-corrected chi connectivity index (χ4v) is 2.68. The molecule has 0 fully saturated rings. The molecular formula is C13H9ClN2S. The lowest BCUT2D eigenvalue weighted by Gasteiger charge is -2.04. The lowest BCUT2D eigenvalue weighted by atomic mass is 10.1. The highest BCUT2D eigenvalue weighted by molar-refractivity contribution is 7.16. The molecule has 0 N–H and O–H groups in total. The maximum atomic E-state index is 5.83. The number of benzene rings is 1. The van der Waals surface area contributed by atoms with Crippen LogP contribution in [0.3, 0.4) is 0 Å². The van der Waals surface area contributed by atoms with Gasteiger partial charge in [-0.3, -0.25) is 0 Å². The molecular weight excluding hydrogens is 252 g/mol. The summed E-state index contributed by atoms with van der Waals surface area (Å²) in [6.45, 7) is 0. The number of fused-ring (bicyclic) bond motifs is 1. The summed E-state index contributed by atoms with van der Waals surface area (Å²) >= 11 is 7.45. The predicted molar refractivity (Wildman–Crippen MR) is 72.4 cm³/mol. The van der Waals surface area contributed by atoms with Crippen molar-refractivity contribution >= 4 is 33.2 Å². The van der Waals surface area contributed by atoms with E-state index in [1.54, 1.807) is 11.3 Å². The second-order valence-electron chi connectivity index (χ2n) is 3.63. The zero-order chi connectivity index (χ0) is 11.7. The van der Waals surface area contributed by atoms with Gasteiger partial charge in [-0.15, -0.1) is 22.9 Å². The molecule has 3 aromatic rings. The molecule has 0 atom stereocenters. The van der Waals surface area contributed by atoms with E-state index in [0.717, 1.165) is 21.5 Å². The van der Waals surface area contributed by atoms with Crippen molar-refractivity contribution in [3.05, 3.63) is 47.6 Å². The molecule has 1 aromatic carbocycles. The molecule has 0 spiro atoms. The van der Waals surface area contributed by atoms with Crippen molar-refractivity contribution < 1.29 is 0 Å². The summed E-state index contributed by atoms with van der Waals surface area (Å²) in [5, 5.41) is 3.12. The first-order chi connectivity index (χ1) is 8.38. The monoisotopic (exact) mass is 260 g/mol. The number of nitrogens with zero attached hydrogens (tertiary/aromatic N) is 2. The van der Waals surface area contributed by atoms with E-state index in [0.29, 0.717) is 11.7 Å². The van der Waals surface area contributed by atoms with Crippen molar-refractivity contribution in [3.63, 3.8) is 0 Å². The van der Waals surface area contributed by atoms with E-state index in [-0.39, 0.29) is 0 Å². The van der Waals surface area contributed by atoms with Crippen LogP contribution < -0.4 is 0 Å². The largest absolute Gasteiger partial charge is 0.231 e. The maximum Gasteiger partial charge on any atom is 0.145 e. The first-order valence-electron chi connectivity index (χ1n) is 5.24. The molecule has 3 rings (SSSR count). The molecule has 0 aliphatic heterocycles. The Morgan fingerprint density at radius 2 is 1.88 bits per heavy atom. The van der Waals surface area contributed by atoms with Gasteiger partial charge in [-0.1, -0.05) is 30.3 Å². The van der Waals surface area contributed by atoms with Crippen molar-refractivity contribution in [2.24, 2.45) is 0 Å².